The van der Waals surface area contributed by atoms with Crippen molar-refractivity contribution >= 4 is 23.1 Å². The van der Waals surface area contributed by atoms with Crippen LogP contribution in [0.2, 0.25) is 0 Å². The molecule has 0 saturated heterocycles. The van der Waals surface area contributed by atoms with Crippen LogP contribution in [0.3, 0.4) is 0 Å². The van der Waals surface area contributed by atoms with Gasteiger partial charge in [-0.15, -0.1) is 0 Å². The smallest absolute Gasteiger partial charge is 0.342 e. The van der Waals surface area contributed by atoms with E-state index < -0.39 is 11.8 Å². The number of aliphatic hydroxyl groups is 1. The summed E-state index contributed by atoms with van der Waals surface area (Å²) in [5, 5.41) is 14.7. The Morgan fingerprint density at radius 1 is 0.946 bits per heavy atom. The van der Waals surface area contributed by atoms with E-state index in [0.29, 0.717) is 39.6 Å². The van der Waals surface area contributed by atoms with Gasteiger partial charge in [0.05, 0.1) is 26.9 Å². The Hall–Kier alpha value is -4.30. The molecule has 8 heteroatoms. The van der Waals surface area contributed by atoms with Crippen LogP contribution in [0.4, 0.5) is 5.69 Å². The standard InChI is InChI=1S/C29H29NO7/c1-17-12-21(8-11-26(17)36-5)29(33)25(13-19-6-9-22(10-7-19)30-18(2)31)27(28(32)37-29)20-14-23(34-3)16-24(15-20)35-4/h6-12,14-16,33H,13H2,1-5H3,(H,30,31). The summed E-state index contributed by atoms with van der Waals surface area (Å²) in [4.78, 5) is 24.8. The molecule has 0 fully saturated rings. The fourth-order valence-electron chi connectivity index (χ4n) is 4.43. The number of carbonyl (C=O) groups excluding carboxylic acids is 2. The molecule has 0 radical (unpaired) electrons. The first-order chi connectivity index (χ1) is 17.7. The highest BCUT2D eigenvalue weighted by molar-refractivity contribution is 6.20. The summed E-state index contributed by atoms with van der Waals surface area (Å²) >= 11 is 0. The van der Waals surface area contributed by atoms with Crippen LogP contribution < -0.4 is 19.5 Å². The zero-order valence-electron chi connectivity index (χ0n) is 21.4. The number of rotatable bonds is 8. The number of aryl methyl sites for hydroxylation is 1. The van der Waals surface area contributed by atoms with Crippen molar-refractivity contribution in [3.63, 3.8) is 0 Å². The molecule has 1 unspecified atom stereocenters. The maximum atomic E-state index is 13.4. The summed E-state index contributed by atoms with van der Waals surface area (Å²) in [6.07, 6.45) is 0.197. The molecule has 1 heterocycles. The molecule has 192 valence electrons. The predicted molar refractivity (Wildman–Crippen MR) is 139 cm³/mol. The molecule has 1 amide bonds. The fraction of sp³-hybridized carbons (Fsp3) is 0.241. The van der Waals surface area contributed by atoms with Crippen LogP contribution in [0.25, 0.3) is 5.57 Å². The highest BCUT2D eigenvalue weighted by Crippen LogP contribution is 2.46. The van der Waals surface area contributed by atoms with E-state index in [9.17, 15) is 14.7 Å². The van der Waals surface area contributed by atoms with E-state index in [0.717, 1.165) is 11.1 Å². The highest BCUT2D eigenvalue weighted by Gasteiger charge is 2.48. The lowest BCUT2D eigenvalue weighted by Gasteiger charge is -2.26. The SMILES string of the molecule is COc1cc(OC)cc(C2=C(Cc3ccc(NC(C)=O)cc3)C(O)(c3ccc(OC)c(C)c3)OC2=O)c1. The number of benzene rings is 3. The summed E-state index contributed by atoms with van der Waals surface area (Å²) in [6.45, 7) is 3.28. The van der Waals surface area contributed by atoms with Crippen molar-refractivity contribution in [2.24, 2.45) is 0 Å². The van der Waals surface area contributed by atoms with Crippen molar-refractivity contribution in [2.45, 2.75) is 26.1 Å². The predicted octanol–water partition coefficient (Wildman–Crippen LogP) is 4.38. The van der Waals surface area contributed by atoms with Gasteiger partial charge in [-0.3, -0.25) is 4.79 Å². The number of methoxy groups -OCH3 is 3. The molecule has 0 aromatic heterocycles. The molecule has 0 aliphatic carbocycles. The molecular weight excluding hydrogens is 474 g/mol. The largest absolute Gasteiger partial charge is 0.497 e. The van der Waals surface area contributed by atoms with E-state index in [4.69, 9.17) is 18.9 Å². The van der Waals surface area contributed by atoms with Gasteiger partial charge in [0.15, 0.2) is 0 Å². The topological polar surface area (TPSA) is 103 Å². The van der Waals surface area contributed by atoms with Crippen molar-refractivity contribution < 1.29 is 33.6 Å². The van der Waals surface area contributed by atoms with E-state index in [1.54, 1.807) is 55.6 Å². The third-order valence-corrected chi connectivity index (χ3v) is 6.24. The quantitative estimate of drug-likeness (QED) is 0.440. The van der Waals surface area contributed by atoms with Crippen LogP contribution >= 0.6 is 0 Å². The zero-order chi connectivity index (χ0) is 26.7. The average Bonchev–Trinajstić information content (AvgIpc) is 3.14. The zero-order valence-corrected chi connectivity index (χ0v) is 21.4. The molecule has 37 heavy (non-hydrogen) atoms. The summed E-state index contributed by atoms with van der Waals surface area (Å²) in [5.74, 6) is -1.24. The van der Waals surface area contributed by atoms with Gasteiger partial charge in [0.2, 0.25) is 5.91 Å². The Labute approximate surface area is 215 Å². The van der Waals surface area contributed by atoms with Gasteiger partial charge in [-0.05, 0) is 66.1 Å². The lowest BCUT2D eigenvalue weighted by atomic mass is 9.87. The third-order valence-electron chi connectivity index (χ3n) is 6.24. The second-order valence-electron chi connectivity index (χ2n) is 8.73. The molecule has 1 aliphatic rings. The van der Waals surface area contributed by atoms with Crippen molar-refractivity contribution in [1.29, 1.82) is 0 Å². The van der Waals surface area contributed by atoms with E-state index in [-0.39, 0.29) is 17.9 Å². The third kappa shape index (κ3) is 5.15. The Balaban J connectivity index is 1.89. The van der Waals surface area contributed by atoms with Crippen LogP contribution in [0.5, 0.6) is 17.2 Å². The van der Waals surface area contributed by atoms with E-state index in [1.165, 1.54) is 21.1 Å². The maximum absolute atomic E-state index is 13.4. The Morgan fingerprint density at radius 3 is 2.14 bits per heavy atom. The fourth-order valence-corrected chi connectivity index (χ4v) is 4.43. The number of anilines is 1. The summed E-state index contributed by atoms with van der Waals surface area (Å²) < 4.78 is 21.9. The Morgan fingerprint density at radius 2 is 1.59 bits per heavy atom. The second kappa shape index (κ2) is 10.4. The normalized spacial score (nSPS) is 16.9. The number of ether oxygens (including phenoxy) is 4. The number of amides is 1. The summed E-state index contributed by atoms with van der Waals surface area (Å²) in [5.41, 5.74) is 3.70. The molecule has 0 spiro atoms. The first-order valence-electron chi connectivity index (χ1n) is 11.6. The minimum atomic E-state index is -2.02. The molecule has 4 rings (SSSR count). The van der Waals surface area contributed by atoms with E-state index in [1.807, 2.05) is 19.1 Å². The van der Waals surface area contributed by atoms with E-state index in [2.05, 4.69) is 5.32 Å². The molecule has 0 saturated carbocycles. The van der Waals surface area contributed by atoms with Gasteiger partial charge in [0, 0.05) is 36.2 Å². The van der Waals surface area contributed by atoms with Crippen LogP contribution in [0.15, 0.2) is 66.2 Å². The van der Waals surface area contributed by atoms with Gasteiger partial charge in [-0.1, -0.05) is 12.1 Å². The molecule has 3 aromatic carbocycles. The number of cyclic esters (lactones) is 1. The van der Waals surface area contributed by atoms with Gasteiger partial charge < -0.3 is 29.4 Å². The van der Waals surface area contributed by atoms with Crippen molar-refractivity contribution in [3.05, 3.63) is 88.5 Å². The van der Waals surface area contributed by atoms with Gasteiger partial charge in [-0.25, -0.2) is 4.79 Å². The van der Waals surface area contributed by atoms with Crippen LogP contribution in [-0.4, -0.2) is 38.3 Å². The maximum Gasteiger partial charge on any atom is 0.342 e. The summed E-state index contributed by atoms with van der Waals surface area (Å²) in [7, 11) is 4.61. The first kappa shape index (κ1) is 25.8. The van der Waals surface area contributed by atoms with Crippen LogP contribution in [-0.2, 0) is 26.5 Å². The van der Waals surface area contributed by atoms with E-state index >= 15 is 0 Å². The van der Waals surface area contributed by atoms with Gasteiger partial charge in [-0.2, -0.15) is 0 Å². The Bertz CT molecular complexity index is 1360. The van der Waals surface area contributed by atoms with Crippen molar-refractivity contribution in [1.82, 2.24) is 0 Å². The number of esters is 1. The molecule has 3 aromatic rings. The number of hydrogen-bond acceptors (Lipinski definition) is 7. The van der Waals surface area contributed by atoms with Gasteiger partial charge in [0.25, 0.3) is 5.79 Å². The van der Waals surface area contributed by atoms with Gasteiger partial charge >= 0.3 is 5.97 Å². The monoisotopic (exact) mass is 503 g/mol. The van der Waals surface area contributed by atoms with Crippen molar-refractivity contribution in [3.8, 4) is 17.2 Å². The Kier molecular flexibility index (Phi) is 7.22. The number of carbonyl (C=O) groups is 2. The first-order valence-corrected chi connectivity index (χ1v) is 11.6. The van der Waals surface area contributed by atoms with Gasteiger partial charge in [0.1, 0.15) is 17.2 Å². The van der Waals surface area contributed by atoms with Crippen LogP contribution in [0, 0.1) is 6.92 Å². The number of hydrogen-bond donors (Lipinski definition) is 2. The summed E-state index contributed by atoms with van der Waals surface area (Å²) in [6, 6.07) is 17.4. The molecular formula is C29H29NO7. The lowest BCUT2D eigenvalue weighted by molar-refractivity contribution is -0.185. The second-order valence-corrected chi connectivity index (χ2v) is 8.73. The lowest BCUT2D eigenvalue weighted by Crippen LogP contribution is -2.30. The molecule has 0 bridgehead atoms. The minimum Gasteiger partial charge on any atom is -0.497 e. The molecule has 1 aliphatic heterocycles. The van der Waals surface area contributed by atoms with Crippen molar-refractivity contribution in [2.75, 3.05) is 26.6 Å². The molecule has 2 N–H and O–H groups in total. The van der Waals surface area contributed by atoms with Crippen LogP contribution in [0.1, 0.15) is 29.2 Å². The number of nitrogens with one attached hydrogen (secondary N) is 1. The molecule has 8 nitrogen and oxygen atoms in total. The average molecular weight is 504 g/mol. The highest BCUT2D eigenvalue weighted by atomic mass is 16.7. The molecule has 1 atom stereocenters. The minimum absolute atomic E-state index is 0.177.